The van der Waals surface area contributed by atoms with Crippen molar-refractivity contribution in [2.24, 2.45) is 10.1 Å². The molecule has 46 heavy (non-hydrogen) atoms. The summed E-state index contributed by atoms with van der Waals surface area (Å²) in [5, 5.41) is 12.9. The van der Waals surface area contributed by atoms with Crippen LogP contribution in [0, 0.1) is 0 Å². The van der Waals surface area contributed by atoms with E-state index in [1.165, 1.54) is 0 Å². The summed E-state index contributed by atoms with van der Waals surface area (Å²) in [5.41, 5.74) is 17.2. The number of carbonyl (C=O) groups is 1. The molecule has 11 nitrogen and oxygen atoms in total. The summed E-state index contributed by atoms with van der Waals surface area (Å²) in [4.78, 5) is 22.4. The lowest BCUT2D eigenvalue weighted by molar-refractivity contribution is -0.130. The summed E-state index contributed by atoms with van der Waals surface area (Å²) in [6.07, 6.45) is 0.419. The Hall–Kier alpha value is -5.35. The highest BCUT2D eigenvalue weighted by Crippen LogP contribution is 2.43. The van der Waals surface area contributed by atoms with Crippen molar-refractivity contribution in [3.8, 4) is 11.5 Å². The molecule has 11 heteroatoms. The first-order valence-electron chi connectivity index (χ1n) is 15.0. The number of methoxy groups -OCH3 is 1. The van der Waals surface area contributed by atoms with E-state index in [9.17, 15) is 10.3 Å². The van der Waals surface area contributed by atoms with Crippen molar-refractivity contribution in [2.45, 2.75) is 30.9 Å². The molecule has 4 aromatic rings. The smallest absolute Gasteiger partial charge is 0.266 e. The summed E-state index contributed by atoms with van der Waals surface area (Å²) in [6.45, 7) is 0.871. The Bertz CT molecular complexity index is 1690. The van der Waals surface area contributed by atoms with Gasteiger partial charge in [0.2, 0.25) is 5.90 Å². The number of benzene rings is 4. The van der Waals surface area contributed by atoms with Crippen LogP contribution in [0.3, 0.4) is 0 Å². The van der Waals surface area contributed by atoms with Gasteiger partial charge in [-0.3, -0.25) is 10.2 Å². The number of aliphatic hydroxyl groups excluding tert-OH is 1. The topological polar surface area (TPSA) is 150 Å². The molecule has 1 aliphatic heterocycles. The van der Waals surface area contributed by atoms with Crippen LogP contribution in [-0.2, 0) is 22.4 Å². The van der Waals surface area contributed by atoms with Crippen molar-refractivity contribution in [3.05, 3.63) is 136 Å². The molecule has 3 N–H and O–H groups in total. The Labute approximate surface area is 267 Å². The normalized spacial score (nSPS) is 16.9. The monoisotopic (exact) mass is 620 g/mol. The molecule has 1 amide bonds. The third-order valence-corrected chi connectivity index (χ3v) is 7.65. The van der Waals surface area contributed by atoms with E-state index in [4.69, 9.17) is 24.3 Å². The lowest BCUT2D eigenvalue weighted by Gasteiger charge is -2.31. The number of nitrogens with zero attached hydrogens (tertiary/aromatic N) is 4. The molecule has 0 saturated heterocycles. The fourth-order valence-electron chi connectivity index (χ4n) is 5.36. The van der Waals surface area contributed by atoms with Crippen LogP contribution >= 0.6 is 0 Å². The number of hydrogen-bond donors (Lipinski definition) is 3. The van der Waals surface area contributed by atoms with Crippen LogP contribution < -0.4 is 20.3 Å². The fourth-order valence-corrected chi connectivity index (χ4v) is 5.36. The maximum atomic E-state index is 14.4. The number of ether oxygens (including phenoxy) is 3. The first-order chi connectivity index (χ1) is 22.6. The lowest BCUT2D eigenvalue weighted by atomic mass is 9.81. The largest absolute Gasteiger partial charge is 0.496 e. The summed E-state index contributed by atoms with van der Waals surface area (Å²) >= 11 is 0. The number of para-hydroxylation sites is 1. The maximum absolute atomic E-state index is 14.4. The van der Waals surface area contributed by atoms with Gasteiger partial charge in [0.05, 0.1) is 13.7 Å². The molecule has 0 unspecified atom stereocenters. The molecule has 2 atom stereocenters. The van der Waals surface area contributed by atoms with Crippen LogP contribution in [0.5, 0.6) is 11.5 Å². The van der Waals surface area contributed by atoms with Gasteiger partial charge in [-0.25, -0.2) is 10.4 Å². The van der Waals surface area contributed by atoms with Crippen molar-refractivity contribution in [2.75, 3.05) is 26.9 Å². The van der Waals surface area contributed by atoms with Gasteiger partial charge in [0, 0.05) is 42.2 Å². The molecule has 0 radical (unpaired) electrons. The second-order valence-corrected chi connectivity index (χ2v) is 10.6. The SMILES string of the molecule is COc1ccccc1CCNNC(=O)[C@@]1(Cc2ccccc2N=[N+]=[N-])N=C(c2ccc(OCCCO)cc2)O[C@H]1c1ccccc1. The molecule has 0 aliphatic carbocycles. The van der Waals surface area contributed by atoms with Gasteiger partial charge < -0.3 is 19.3 Å². The molecule has 236 valence electrons. The first kappa shape index (κ1) is 32.1. The summed E-state index contributed by atoms with van der Waals surface area (Å²) in [7, 11) is 1.63. The Morgan fingerprint density at radius 1 is 1.00 bits per heavy atom. The minimum absolute atomic E-state index is 0.0475. The molecule has 0 fully saturated rings. The van der Waals surface area contributed by atoms with Crippen LogP contribution in [0.2, 0.25) is 0 Å². The number of hydrogen-bond acceptors (Lipinski definition) is 8. The van der Waals surface area contributed by atoms with Crippen molar-refractivity contribution in [1.29, 1.82) is 0 Å². The Kier molecular flexibility index (Phi) is 10.9. The number of nitrogens with one attached hydrogen (secondary N) is 2. The zero-order chi connectivity index (χ0) is 32.2. The Morgan fingerprint density at radius 2 is 1.72 bits per heavy atom. The molecule has 4 aromatic carbocycles. The van der Waals surface area contributed by atoms with E-state index >= 15 is 0 Å². The zero-order valence-electron chi connectivity index (χ0n) is 25.5. The molecular formula is C35H36N6O5. The number of aliphatic imine (C=N–C) groups is 1. The third kappa shape index (κ3) is 7.47. The highest BCUT2D eigenvalue weighted by molar-refractivity contribution is 6.01. The summed E-state index contributed by atoms with van der Waals surface area (Å²) in [5.74, 6) is 1.30. The van der Waals surface area contributed by atoms with Crippen molar-refractivity contribution in [1.82, 2.24) is 10.9 Å². The number of carbonyl (C=O) groups excluding carboxylic acids is 1. The van der Waals surface area contributed by atoms with E-state index in [1.54, 1.807) is 31.4 Å². The fraction of sp³-hybridized carbons (Fsp3) is 0.257. The van der Waals surface area contributed by atoms with Crippen molar-refractivity contribution >= 4 is 17.5 Å². The van der Waals surface area contributed by atoms with Crippen LogP contribution in [0.25, 0.3) is 10.4 Å². The summed E-state index contributed by atoms with van der Waals surface area (Å²) < 4.78 is 17.7. The predicted octanol–water partition coefficient (Wildman–Crippen LogP) is 5.76. The van der Waals surface area contributed by atoms with Gasteiger partial charge in [-0.05, 0) is 59.0 Å². The zero-order valence-corrected chi connectivity index (χ0v) is 25.5. The Morgan fingerprint density at radius 3 is 2.46 bits per heavy atom. The maximum Gasteiger partial charge on any atom is 0.266 e. The minimum Gasteiger partial charge on any atom is -0.496 e. The molecule has 0 spiro atoms. The van der Waals surface area contributed by atoms with Crippen LogP contribution in [0.4, 0.5) is 5.69 Å². The third-order valence-electron chi connectivity index (χ3n) is 7.65. The number of aliphatic hydroxyl groups is 1. The molecule has 1 aliphatic rings. The minimum atomic E-state index is -1.48. The number of rotatable bonds is 15. The van der Waals surface area contributed by atoms with Crippen molar-refractivity contribution in [3.63, 3.8) is 0 Å². The predicted molar refractivity (Wildman–Crippen MR) is 175 cm³/mol. The first-order valence-corrected chi connectivity index (χ1v) is 15.0. The van der Waals surface area contributed by atoms with Crippen LogP contribution in [-0.4, -0.2) is 49.3 Å². The number of amides is 1. The molecule has 0 bridgehead atoms. The van der Waals surface area contributed by atoms with Crippen LogP contribution in [0.1, 0.15) is 34.8 Å². The lowest BCUT2D eigenvalue weighted by Crippen LogP contribution is -2.54. The second-order valence-electron chi connectivity index (χ2n) is 10.6. The van der Waals surface area contributed by atoms with E-state index in [2.05, 4.69) is 20.9 Å². The average molecular weight is 621 g/mol. The van der Waals surface area contributed by atoms with E-state index in [-0.39, 0.29) is 13.0 Å². The van der Waals surface area contributed by atoms with E-state index in [1.807, 2.05) is 78.9 Å². The standard InChI is InChI=1S/C35H36N6O5/c1-44-31-15-8-6-10-25(31)20-21-37-40-34(43)35(24-28-13-5-7-14-30(28)39-41-36)32(26-11-3-2-4-12-26)46-33(38-35)27-16-18-29(19-17-27)45-23-9-22-42/h2-8,10-19,32,37,42H,9,20-24H2,1H3,(H,40,43)/t32-,35-/m0/s1. The van der Waals surface area contributed by atoms with Gasteiger partial charge in [-0.2, -0.15) is 0 Å². The van der Waals surface area contributed by atoms with Gasteiger partial charge >= 0.3 is 0 Å². The molecule has 0 saturated carbocycles. The quantitative estimate of drug-likeness (QED) is 0.0506. The van der Waals surface area contributed by atoms with Gasteiger partial charge in [0.25, 0.3) is 5.91 Å². The van der Waals surface area contributed by atoms with Crippen molar-refractivity contribution < 1.29 is 24.1 Å². The van der Waals surface area contributed by atoms with E-state index in [0.717, 1.165) is 16.9 Å². The number of azide groups is 1. The van der Waals surface area contributed by atoms with Gasteiger partial charge in [0.1, 0.15) is 11.5 Å². The van der Waals surface area contributed by atoms with Gasteiger partial charge in [0.15, 0.2) is 11.6 Å². The highest BCUT2D eigenvalue weighted by atomic mass is 16.5. The molecule has 5 rings (SSSR count). The second kappa shape index (κ2) is 15.6. The molecule has 1 heterocycles. The Balaban J connectivity index is 1.50. The van der Waals surface area contributed by atoms with E-state index < -0.39 is 17.6 Å². The molecule has 0 aromatic heterocycles. The summed E-state index contributed by atoms with van der Waals surface area (Å²) in [6, 6.07) is 31.6. The highest BCUT2D eigenvalue weighted by Gasteiger charge is 2.53. The van der Waals surface area contributed by atoms with Gasteiger partial charge in [-0.1, -0.05) is 77.9 Å². The number of hydrazine groups is 1. The van der Waals surface area contributed by atoms with E-state index in [0.29, 0.717) is 54.5 Å². The van der Waals surface area contributed by atoms with Gasteiger partial charge in [-0.15, -0.1) is 0 Å². The average Bonchev–Trinajstić information content (AvgIpc) is 3.49. The molecular weight excluding hydrogens is 584 g/mol. The van der Waals surface area contributed by atoms with Crippen LogP contribution in [0.15, 0.2) is 113 Å².